The molecule has 0 fully saturated rings. The number of ether oxygens (including phenoxy) is 1. The van der Waals surface area contributed by atoms with E-state index in [-0.39, 0.29) is 11.1 Å². The van der Waals surface area contributed by atoms with Crippen LogP contribution >= 0.6 is 0 Å². The molecule has 112 valence electrons. The number of carbonyl (C=O) groups is 4. The molecule has 2 aromatic rings. The van der Waals surface area contributed by atoms with E-state index in [0.717, 1.165) is 12.1 Å². The molecule has 0 spiro atoms. The summed E-state index contributed by atoms with van der Waals surface area (Å²) in [4.78, 5) is 44.6. The average molecular weight is 304 g/mol. The van der Waals surface area contributed by atoms with Gasteiger partial charge in [-0.2, -0.15) is 0 Å². The first-order valence-electron chi connectivity index (χ1n) is 5.81. The summed E-state index contributed by atoms with van der Waals surface area (Å²) in [6, 6.07) is 6.84. The van der Waals surface area contributed by atoms with E-state index in [1.807, 2.05) is 0 Å². The molecular weight excluding hydrogens is 296 g/mol. The fourth-order valence-electron chi connectivity index (χ4n) is 1.50. The number of furan rings is 1. The maximum absolute atomic E-state index is 11.7. The Balaban J connectivity index is 2.08. The average Bonchev–Trinajstić information content (AvgIpc) is 2.97. The molecule has 0 bridgehead atoms. The third-order valence-electron chi connectivity index (χ3n) is 2.57. The summed E-state index contributed by atoms with van der Waals surface area (Å²) in [5.41, 5.74) is -0.0663. The van der Waals surface area contributed by atoms with Crippen molar-refractivity contribution in [1.29, 1.82) is 0 Å². The number of carboxylic acids is 2. The second-order valence-corrected chi connectivity index (χ2v) is 4.03. The van der Waals surface area contributed by atoms with Crippen LogP contribution in [-0.2, 0) is 4.74 Å². The van der Waals surface area contributed by atoms with Crippen molar-refractivity contribution in [2.75, 3.05) is 0 Å². The standard InChI is InChI=1S/C14H8O8/c15-11(16)7-1-3-8(4-2-7)13(19)22-14(20)10-6-5-9(21-10)12(17)18/h1-6H,(H,15,16)(H,17,18). The summed E-state index contributed by atoms with van der Waals surface area (Å²) in [5.74, 6) is -5.60. The smallest absolute Gasteiger partial charge is 0.382 e. The van der Waals surface area contributed by atoms with Crippen LogP contribution in [-0.4, -0.2) is 34.1 Å². The first-order valence-corrected chi connectivity index (χ1v) is 5.81. The first kappa shape index (κ1) is 15.0. The molecule has 1 heterocycles. The third kappa shape index (κ3) is 3.18. The minimum absolute atomic E-state index is 0.0278. The van der Waals surface area contributed by atoms with Gasteiger partial charge in [-0.3, -0.25) is 0 Å². The van der Waals surface area contributed by atoms with Crippen LogP contribution < -0.4 is 0 Å². The number of aromatic carboxylic acids is 2. The monoisotopic (exact) mass is 304 g/mol. The maximum Gasteiger partial charge on any atom is 0.382 e. The highest BCUT2D eigenvalue weighted by Gasteiger charge is 2.20. The lowest BCUT2D eigenvalue weighted by atomic mass is 10.1. The highest BCUT2D eigenvalue weighted by Crippen LogP contribution is 2.12. The van der Waals surface area contributed by atoms with Gasteiger partial charge in [0, 0.05) is 0 Å². The highest BCUT2D eigenvalue weighted by atomic mass is 16.6. The Morgan fingerprint density at radius 1 is 0.727 bits per heavy atom. The van der Waals surface area contributed by atoms with Gasteiger partial charge in [-0.15, -0.1) is 0 Å². The van der Waals surface area contributed by atoms with E-state index >= 15 is 0 Å². The number of rotatable bonds is 4. The molecule has 0 saturated heterocycles. The molecule has 8 nitrogen and oxygen atoms in total. The Labute approximate surface area is 122 Å². The van der Waals surface area contributed by atoms with Gasteiger partial charge in [-0.25, -0.2) is 19.2 Å². The van der Waals surface area contributed by atoms with Crippen molar-refractivity contribution < 1.29 is 38.5 Å². The van der Waals surface area contributed by atoms with Crippen molar-refractivity contribution in [1.82, 2.24) is 0 Å². The molecule has 2 rings (SSSR count). The van der Waals surface area contributed by atoms with E-state index in [4.69, 9.17) is 14.6 Å². The Hall–Kier alpha value is -3.42. The quantitative estimate of drug-likeness (QED) is 0.644. The fourth-order valence-corrected chi connectivity index (χ4v) is 1.50. The van der Waals surface area contributed by atoms with Gasteiger partial charge >= 0.3 is 23.9 Å². The van der Waals surface area contributed by atoms with E-state index in [2.05, 4.69) is 4.74 Å². The van der Waals surface area contributed by atoms with Crippen LogP contribution in [0.3, 0.4) is 0 Å². The van der Waals surface area contributed by atoms with Crippen LogP contribution in [0.25, 0.3) is 0 Å². The predicted molar refractivity (Wildman–Crippen MR) is 68.8 cm³/mol. The van der Waals surface area contributed by atoms with Gasteiger partial charge in [-0.1, -0.05) is 0 Å². The van der Waals surface area contributed by atoms with Crippen LogP contribution in [0.15, 0.2) is 40.8 Å². The fraction of sp³-hybridized carbons (Fsp3) is 0. The molecule has 0 aliphatic heterocycles. The summed E-state index contributed by atoms with van der Waals surface area (Å²) in [6.45, 7) is 0. The van der Waals surface area contributed by atoms with Crippen LogP contribution in [0.2, 0.25) is 0 Å². The van der Waals surface area contributed by atoms with Crippen molar-refractivity contribution in [3.8, 4) is 0 Å². The molecule has 1 aromatic heterocycles. The van der Waals surface area contributed by atoms with E-state index in [0.29, 0.717) is 0 Å². The van der Waals surface area contributed by atoms with Crippen LogP contribution in [0, 0.1) is 0 Å². The topological polar surface area (TPSA) is 131 Å². The van der Waals surface area contributed by atoms with Crippen LogP contribution in [0.5, 0.6) is 0 Å². The minimum atomic E-state index is -1.37. The van der Waals surface area contributed by atoms with Crippen LogP contribution in [0.4, 0.5) is 0 Å². The van der Waals surface area contributed by atoms with E-state index in [9.17, 15) is 19.2 Å². The number of carboxylic acid groups (broad SMARTS) is 2. The van der Waals surface area contributed by atoms with Crippen molar-refractivity contribution in [2.24, 2.45) is 0 Å². The molecule has 0 aliphatic rings. The Bertz CT molecular complexity index is 753. The van der Waals surface area contributed by atoms with E-state index in [1.54, 1.807) is 0 Å². The van der Waals surface area contributed by atoms with Gasteiger partial charge in [0.25, 0.3) is 0 Å². The summed E-state index contributed by atoms with van der Waals surface area (Å²) >= 11 is 0. The van der Waals surface area contributed by atoms with Crippen molar-refractivity contribution >= 4 is 23.9 Å². The maximum atomic E-state index is 11.7. The second-order valence-electron chi connectivity index (χ2n) is 4.03. The van der Waals surface area contributed by atoms with E-state index < -0.39 is 35.4 Å². The Kier molecular flexibility index (Phi) is 4.03. The Morgan fingerprint density at radius 3 is 1.77 bits per heavy atom. The summed E-state index contributed by atoms with van der Waals surface area (Å²) < 4.78 is 9.19. The van der Waals surface area contributed by atoms with Crippen molar-refractivity contribution in [3.05, 3.63) is 59.0 Å². The molecule has 0 unspecified atom stereocenters. The number of esters is 2. The third-order valence-corrected chi connectivity index (χ3v) is 2.57. The lowest BCUT2D eigenvalue weighted by molar-refractivity contribution is 0.0373. The minimum Gasteiger partial charge on any atom is -0.478 e. The highest BCUT2D eigenvalue weighted by molar-refractivity contribution is 6.02. The Morgan fingerprint density at radius 2 is 1.27 bits per heavy atom. The van der Waals surface area contributed by atoms with Gasteiger partial charge < -0.3 is 19.4 Å². The van der Waals surface area contributed by atoms with Gasteiger partial charge in [0.05, 0.1) is 11.1 Å². The molecule has 0 saturated carbocycles. The SMILES string of the molecule is O=C(O)c1ccc(C(=O)OC(=O)c2ccc(C(=O)O)o2)cc1. The zero-order valence-electron chi connectivity index (χ0n) is 10.8. The molecule has 8 heteroatoms. The number of carbonyl (C=O) groups excluding carboxylic acids is 2. The second kappa shape index (κ2) is 5.92. The summed E-state index contributed by atoms with van der Waals surface area (Å²) in [6.07, 6.45) is 0. The number of hydrogen-bond acceptors (Lipinski definition) is 6. The van der Waals surface area contributed by atoms with Crippen molar-refractivity contribution in [3.63, 3.8) is 0 Å². The molecular formula is C14H8O8. The first-order chi connectivity index (χ1) is 10.4. The van der Waals surface area contributed by atoms with E-state index in [1.165, 1.54) is 24.3 Å². The zero-order chi connectivity index (χ0) is 16.3. The van der Waals surface area contributed by atoms with Gasteiger partial charge in [-0.05, 0) is 36.4 Å². The summed E-state index contributed by atoms with van der Waals surface area (Å²) in [5, 5.41) is 17.4. The van der Waals surface area contributed by atoms with Gasteiger partial charge in [0.1, 0.15) is 0 Å². The lowest BCUT2D eigenvalue weighted by Gasteiger charge is -2.01. The largest absolute Gasteiger partial charge is 0.478 e. The van der Waals surface area contributed by atoms with Crippen molar-refractivity contribution in [2.45, 2.75) is 0 Å². The lowest BCUT2D eigenvalue weighted by Crippen LogP contribution is -2.12. The molecule has 1 aromatic carbocycles. The van der Waals surface area contributed by atoms with Gasteiger partial charge in [0.2, 0.25) is 11.5 Å². The zero-order valence-corrected chi connectivity index (χ0v) is 10.8. The predicted octanol–water partition coefficient (Wildman–Crippen LogP) is 1.67. The number of benzene rings is 1. The van der Waals surface area contributed by atoms with Crippen LogP contribution in [0.1, 0.15) is 41.8 Å². The molecule has 0 amide bonds. The normalized spacial score (nSPS) is 10.0. The van der Waals surface area contributed by atoms with Gasteiger partial charge in [0.15, 0.2) is 0 Å². The summed E-state index contributed by atoms with van der Waals surface area (Å²) in [7, 11) is 0. The number of hydrogen-bond donors (Lipinski definition) is 2. The molecule has 22 heavy (non-hydrogen) atoms. The molecule has 0 atom stereocenters. The molecule has 0 radical (unpaired) electrons. The molecule has 0 aliphatic carbocycles. The molecule has 2 N–H and O–H groups in total.